The molecule has 86 valence electrons. The minimum atomic E-state index is -0.155. The monoisotopic (exact) mass is 211 g/mol. The van der Waals surface area contributed by atoms with Gasteiger partial charge in [-0.25, -0.2) is 0 Å². The Labute approximate surface area is 91.3 Å². The molecule has 0 saturated carbocycles. The topological polar surface area (TPSA) is 50.1 Å². The van der Waals surface area contributed by atoms with Gasteiger partial charge in [-0.15, -0.1) is 0 Å². The molecule has 4 heteroatoms. The molecule has 0 radical (unpaired) electrons. The first-order chi connectivity index (χ1) is 7.15. The molecule has 2 N–H and O–H groups in total. The average Bonchev–Trinajstić information content (AvgIpc) is 2.67. The van der Waals surface area contributed by atoms with Crippen LogP contribution in [0.1, 0.15) is 32.4 Å². The fourth-order valence-corrected chi connectivity index (χ4v) is 1.62. The van der Waals surface area contributed by atoms with E-state index in [1.807, 2.05) is 19.3 Å². The normalized spacial score (nSPS) is 12.0. The van der Waals surface area contributed by atoms with Crippen molar-refractivity contribution in [2.75, 3.05) is 6.61 Å². The molecule has 1 rings (SSSR count). The van der Waals surface area contributed by atoms with E-state index in [-0.39, 0.29) is 12.1 Å². The summed E-state index contributed by atoms with van der Waals surface area (Å²) in [5.41, 5.74) is 0.856. The van der Waals surface area contributed by atoms with E-state index in [1.54, 1.807) is 4.68 Å². The van der Waals surface area contributed by atoms with Gasteiger partial charge in [-0.05, 0) is 18.9 Å². The Bertz CT molecular complexity index is 284. The van der Waals surface area contributed by atoms with Crippen LogP contribution in [0.2, 0.25) is 0 Å². The number of nitrogens with zero attached hydrogens (tertiary/aromatic N) is 2. The molecule has 0 aromatic carbocycles. The predicted molar refractivity (Wildman–Crippen MR) is 60.4 cm³/mol. The van der Waals surface area contributed by atoms with Crippen molar-refractivity contribution in [3.8, 4) is 0 Å². The molecule has 0 amide bonds. The summed E-state index contributed by atoms with van der Waals surface area (Å²) in [4.78, 5) is 0. The highest BCUT2D eigenvalue weighted by atomic mass is 16.3. The van der Waals surface area contributed by atoms with E-state index in [4.69, 9.17) is 0 Å². The summed E-state index contributed by atoms with van der Waals surface area (Å²) < 4.78 is 1.79. The Morgan fingerprint density at radius 3 is 2.53 bits per heavy atom. The number of aryl methyl sites for hydroxylation is 1. The van der Waals surface area contributed by atoms with Crippen molar-refractivity contribution in [3.05, 3.63) is 18.0 Å². The summed E-state index contributed by atoms with van der Waals surface area (Å²) in [5, 5.41) is 17.0. The molecule has 1 aromatic rings. The highest BCUT2D eigenvalue weighted by Crippen LogP contribution is 2.14. The van der Waals surface area contributed by atoms with Gasteiger partial charge in [0.15, 0.2) is 0 Å². The van der Waals surface area contributed by atoms with Crippen molar-refractivity contribution >= 4 is 0 Å². The van der Waals surface area contributed by atoms with Gasteiger partial charge in [0, 0.05) is 25.3 Å². The Balaban J connectivity index is 2.54. The second-order valence-electron chi connectivity index (χ2n) is 3.98. The molecular formula is C11H21N3O. The van der Waals surface area contributed by atoms with Crippen LogP contribution in [-0.4, -0.2) is 27.0 Å². The van der Waals surface area contributed by atoms with Crippen LogP contribution in [0, 0.1) is 0 Å². The smallest absolute Gasteiger partial charge is 0.0762 e. The quantitative estimate of drug-likeness (QED) is 0.740. The lowest BCUT2D eigenvalue weighted by atomic mass is 9.94. The summed E-state index contributed by atoms with van der Waals surface area (Å²) in [6.07, 6.45) is 3.77. The van der Waals surface area contributed by atoms with Gasteiger partial charge in [-0.2, -0.15) is 5.10 Å². The zero-order valence-electron chi connectivity index (χ0n) is 9.82. The van der Waals surface area contributed by atoms with Gasteiger partial charge in [0.25, 0.3) is 0 Å². The third kappa shape index (κ3) is 3.04. The second kappa shape index (κ2) is 5.28. The largest absolute Gasteiger partial charge is 0.394 e. The number of aliphatic hydroxyl groups is 1. The van der Waals surface area contributed by atoms with E-state index in [0.29, 0.717) is 6.54 Å². The summed E-state index contributed by atoms with van der Waals surface area (Å²) in [7, 11) is 1.91. The molecule has 15 heavy (non-hydrogen) atoms. The molecule has 0 aliphatic rings. The van der Waals surface area contributed by atoms with Crippen LogP contribution >= 0.6 is 0 Å². The number of aliphatic hydroxyl groups excluding tert-OH is 1. The molecule has 0 aliphatic carbocycles. The molecule has 1 heterocycles. The standard InChI is InChI=1S/C11H21N3O/c1-4-11(5-2,9-15)12-8-10-6-7-14(3)13-10/h6-7,12,15H,4-5,8-9H2,1-3H3. The van der Waals surface area contributed by atoms with Gasteiger partial charge < -0.3 is 10.4 Å². The van der Waals surface area contributed by atoms with Crippen LogP contribution in [0.15, 0.2) is 12.3 Å². The number of hydrogen-bond acceptors (Lipinski definition) is 3. The maximum absolute atomic E-state index is 9.37. The fourth-order valence-electron chi connectivity index (χ4n) is 1.62. The maximum Gasteiger partial charge on any atom is 0.0762 e. The molecule has 0 aliphatic heterocycles. The second-order valence-corrected chi connectivity index (χ2v) is 3.98. The first-order valence-corrected chi connectivity index (χ1v) is 5.50. The van der Waals surface area contributed by atoms with E-state index < -0.39 is 0 Å². The van der Waals surface area contributed by atoms with Gasteiger partial charge in [0.1, 0.15) is 0 Å². The van der Waals surface area contributed by atoms with Crippen LogP contribution in [0.3, 0.4) is 0 Å². The van der Waals surface area contributed by atoms with E-state index in [0.717, 1.165) is 18.5 Å². The highest BCUT2D eigenvalue weighted by molar-refractivity contribution is 4.99. The lowest BCUT2D eigenvalue weighted by Crippen LogP contribution is -2.47. The fraction of sp³-hybridized carbons (Fsp3) is 0.727. The van der Waals surface area contributed by atoms with Crippen molar-refractivity contribution in [3.63, 3.8) is 0 Å². The SMILES string of the molecule is CCC(CC)(CO)NCc1ccn(C)n1. The van der Waals surface area contributed by atoms with Crippen LogP contribution in [-0.2, 0) is 13.6 Å². The van der Waals surface area contributed by atoms with Crippen LogP contribution < -0.4 is 5.32 Å². The van der Waals surface area contributed by atoms with Crippen molar-refractivity contribution in [2.24, 2.45) is 7.05 Å². The van der Waals surface area contributed by atoms with E-state index >= 15 is 0 Å². The number of nitrogens with one attached hydrogen (secondary N) is 1. The lowest BCUT2D eigenvalue weighted by molar-refractivity contribution is 0.149. The molecule has 0 bridgehead atoms. The zero-order valence-corrected chi connectivity index (χ0v) is 9.82. The molecule has 0 spiro atoms. The first kappa shape index (κ1) is 12.2. The Hall–Kier alpha value is -0.870. The van der Waals surface area contributed by atoms with Gasteiger partial charge in [-0.3, -0.25) is 4.68 Å². The molecule has 0 atom stereocenters. The molecule has 0 unspecified atom stereocenters. The Morgan fingerprint density at radius 2 is 2.13 bits per heavy atom. The minimum absolute atomic E-state index is 0.155. The average molecular weight is 211 g/mol. The van der Waals surface area contributed by atoms with E-state index in [2.05, 4.69) is 24.3 Å². The van der Waals surface area contributed by atoms with Crippen LogP contribution in [0.5, 0.6) is 0 Å². The van der Waals surface area contributed by atoms with Crippen LogP contribution in [0.25, 0.3) is 0 Å². The zero-order chi connectivity index (χ0) is 11.3. The van der Waals surface area contributed by atoms with Gasteiger partial charge >= 0.3 is 0 Å². The van der Waals surface area contributed by atoms with Gasteiger partial charge in [-0.1, -0.05) is 13.8 Å². The molecular weight excluding hydrogens is 190 g/mol. The van der Waals surface area contributed by atoms with E-state index in [1.165, 1.54) is 0 Å². The Kier molecular flexibility index (Phi) is 4.29. The van der Waals surface area contributed by atoms with E-state index in [9.17, 15) is 5.11 Å². The lowest BCUT2D eigenvalue weighted by Gasteiger charge is -2.30. The van der Waals surface area contributed by atoms with Gasteiger partial charge in [0.2, 0.25) is 0 Å². The van der Waals surface area contributed by atoms with Crippen molar-refractivity contribution in [1.82, 2.24) is 15.1 Å². The summed E-state index contributed by atoms with van der Waals surface area (Å²) in [6.45, 7) is 5.06. The number of aromatic nitrogens is 2. The minimum Gasteiger partial charge on any atom is -0.394 e. The third-order valence-corrected chi connectivity index (χ3v) is 3.07. The summed E-state index contributed by atoms with van der Waals surface area (Å²) in [5.74, 6) is 0. The highest BCUT2D eigenvalue weighted by Gasteiger charge is 2.24. The Morgan fingerprint density at radius 1 is 1.47 bits per heavy atom. The number of rotatable bonds is 6. The van der Waals surface area contributed by atoms with Gasteiger partial charge in [0.05, 0.1) is 12.3 Å². The molecule has 4 nitrogen and oxygen atoms in total. The summed E-state index contributed by atoms with van der Waals surface area (Å²) >= 11 is 0. The molecule has 0 fully saturated rings. The molecule has 0 saturated heterocycles. The molecule has 1 aromatic heterocycles. The van der Waals surface area contributed by atoms with Crippen molar-refractivity contribution in [1.29, 1.82) is 0 Å². The van der Waals surface area contributed by atoms with Crippen LogP contribution in [0.4, 0.5) is 0 Å². The maximum atomic E-state index is 9.37. The third-order valence-electron chi connectivity index (χ3n) is 3.07. The predicted octanol–water partition coefficient (Wildman–Crippen LogP) is 1.06. The van der Waals surface area contributed by atoms with Crippen molar-refractivity contribution < 1.29 is 5.11 Å². The first-order valence-electron chi connectivity index (χ1n) is 5.50. The van der Waals surface area contributed by atoms with Crippen molar-refractivity contribution in [2.45, 2.75) is 38.8 Å². The summed E-state index contributed by atoms with van der Waals surface area (Å²) in [6, 6.07) is 1.99. The number of hydrogen-bond donors (Lipinski definition) is 2.